The number of esters is 1. The minimum absolute atomic E-state index is 0.0483. The highest BCUT2D eigenvalue weighted by molar-refractivity contribution is 7.99. The van der Waals surface area contributed by atoms with Crippen LogP contribution in [0.15, 0.2) is 48.5 Å². The van der Waals surface area contributed by atoms with Gasteiger partial charge in [0.2, 0.25) is 5.91 Å². The number of nitrogens with zero attached hydrogens (tertiary/aromatic N) is 2. The summed E-state index contributed by atoms with van der Waals surface area (Å²) in [5.41, 5.74) is 2.39. The summed E-state index contributed by atoms with van der Waals surface area (Å²) in [6, 6.07) is 13.8. The highest BCUT2D eigenvalue weighted by atomic mass is 32.2. The van der Waals surface area contributed by atoms with Crippen molar-refractivity contribution in [1.82, 2.24) is 9.80 Å². The van der Waals surface area contributed by atoms with E-state index in [1.54, 1.807) is 36.0 Å². The molecule has 1 aliphatic heterocycles. The first-order chi connectivity index (χ1) is 14.4. The summed E-state index contributed by atoms with van der Waals surface area (Å²) in [5, 5.41) is -0.0882. The van der Waals surface area contributed by atoms with E-state index < -0.39 is 0 Å². The Labute approximate surface area is 181 Å². The summed E-state index contributed by atoms with van der Waals surface area (Å²) in [6.07, 6.45) is 0. The summed E-state index contributed by atoms with van der Waals surface area (Å²) >= 11 is 1.70. The van der Waals surface area contributed by atoms with Crippen molar-refractivity contribution in [2.24, 2.45) is 0 Å². The first-order valence-electron chi connectivity index (χ1n) is 9.97. The van der Waals surface area contributed by atoms with Gasteiger partial charge in [-0.15, -0.1) is 11.8 Å². The van der Waals surface area contributed by atoms with Crippen LogP contribution in [0.1, 0.15) is 40.7 Å². The Balaban J connectivity index is 1.71. The van der Waals surface area contributed by atoms with Crippen LogP contribution in [0.3, 0.4) is 0 Å². The lowest BCUT2D eigenvalue weighted by molar-refractivity contribution is -0.133. The molecule has 0 aliphatic carbocycles. The molecule has 0 N–H and O–H groups in total. The number of carbonyl (C=O) groups is 2. The van der Waals surface area contributed by atoms with Crippen LogP contribution >= 0.6 is 11.8 Å². The molecule has 160 valence electrons. The summed E-state index contributed by atoms with van der Waals surface area (Å²) in [4.78, 5) is 28.9. The van der Waals surface area contributed by atoms with Crippen LogP contribution in [0.4, 0.5) is 4.39 Å². The van der Waals surface area contributed by atoms with Gasteiger partial charge in [-0.25, -0.2) is 9.18 Å². The molecule has 0 spiro atoms. The normalized spacial score (nSPS) is 16.3. The monoisotopic (exact) mass is 430 g/mol. The van der Waals surface area contributed by atoms with Gasteiger partial charge in [0.15, 0.2) is 0 Å². The third kappa shape index (κ3) is 5.40. The van der Waals surface area contributed by atoms with E-state index in [4.69, 9.17) is 4.74 Å². The number of amides is 1. The number of benzene rings is 2. The molecule has 0 aromatic heterocycles. The van der Waals surface area contributed by atoms with Crippen molar-refractivity contribution in [1.29, 1.82) is 0 Å². The van der Waals surface area contributed by atoms with Crippen molar-refractivity contribution in [3.05, 3.63) is 71.0 Å². The summed E-state index contributed by atoms with van der Waals surface area (Å²) in [7, 11) is 1.36. The Morgan fingerprint density at radius 1 is 1.23 bits per heavy atom. The van der Waals surface area contributed by atoms with Crippen molar-refractivity contribution in [3.63, 3.8) is 0 Å². The molecule has 0 bridgehead atoms. The van der Waals surface area contributed by atoms with Crippen LogP contribution in [-0.2, 0) is 16.1 Å². The second-order valence-corrected chi connectivity index (χ2v) is 8.74. The fourth-order valence-corrected chi connectivity index (χ4v) is 4.74. The molecule has 0 radical (unpaired) electrons. The van der Waals surface area contributed by atoms with E-state index in [-0.39, 0.29) is 35.7 Å². The standard InChI is InChI=1S/C23H27FN2O3S/c1-16(2)25(14-17-5-4-6-19(13-17)23(28)29-3)15-21(27)26-11-12-30-22(26)18-7-9-20(24)10-8-18/h4-10,13,16,22H,11-12,14-15H2,1-3H3. The second-order valence-electron chi connectivity index (χ2n) is 7.55. The quantitative estimate of drug-likeness (QED) is 0.619. The van der Waals surface area contributed by atoms with Gasteiger partial charge in [0, 0.05) is 24.9 Å². The zero-order valence-electron chi connectivity index (χ0n) is 17.5. The topological polar surface area (TPSA) is 49.9 Å². The lowest BCUT2D eigenvalue weighted by atomic mass is 10.1. The maximum absolute atomic E-state index is 13.3. The zero-order chi connectivity index (χ0) is 21.7. The van der Waals surface area contributed by atoms with E-state index in [2.05, 4.69) is 4.90 Å². The van der Waals surface area contributed by atoms with Gasteiger partial charge in [-0.2, -0.15) is 0 Å². The molecule has 0 saturated carbocycles. The number of hydrogen-bond acceptors (Lipinski definition) is 5. The van der Waals surface area contributed by atoms with Gasteiger partial charge < -0.3 is 9.64 Å². The average Bonchev–Trinajstić information content (AvgIpc) is 3.23. The van der Waals surface area contributed by atoms with Crippen molar-refractivity contribution in [2.45, 2.75) is 31.8 Å². The smallest absolute Gasteiger partial charge is 0.337 e. The third-order valence-corrected chi connectivity index (χ3v) is 6.43. The summed E-state index contributed by atoms with van der Waals surface area (Å²) < 4.78 is 18.1. The number of methoxy groups -OCH3 is 1. The molecule has 1 saturated heterocycles. The zero-order valence-corrected chi connectivity index (χ0v) is 18.3. The highest BCUT2D eigenvalue weighted by Gasteiger charge is 2.31. The number of rotatable bonds is 7. The number of hydrogen-bond donors (Lipinski definition) is 0. The van der Waals surface area contributed by atoms with E-state index >= 15 is 0 Å². The molecule has 7 heteroatoms. The van der Waals surface area contributed by atoms with Crippen molar-refractivity contribution in [2.75, 3.05) is 26.0 Å². The first kappa shape index (κ1) is 22.3. The Bertz CT molecular complexity index is 888. The summed E-state index contributed by atoms with van der Waals surface area (Å²) in [5.74, 6) is 0.253. The molecule has 1 fully saturated rings. The minimum atomic E-state index is -0.375. The fraction of sp³-hybridized carbons (Fsp3) is 0.391. The van der Waals surface area contributed by atoms with Gasteiger partial charge in [0.25, 0.3) is 0 Å². The highest BCUT2D eigenvalue weighted by Crippen LogP contribution is 2.38. The van der Waals surface area contributed by atoms with Gasteiger partial charge in [-0.05, 0) is 49.2 Å². The largest absolute Gasteiger partial charge is 0.465 e. The molecule has 1 unspecified atom stereocenters. The molecular formula is C23H27FN2O3S. The first-order valence-corrected chi connectivity index (χ1v) is 11.0. The molecular weight excluding hydrogens is 403 g/mol. The van der Waals surface area contributed by atoms with Gasteiger partial charge in [-0.3, -0.25) is 9.69 Å². The van der Waals surface area contributed by atoms with Crippen LogP contribution in [0, 0.1) is 5.82 Å². The Morgan fingerprint density at radius 3 is 2.63 bits per heavy atom. The van der Waals surface area contributed by atoms with E-state index in [0.717, 1.165) is 16.9 Å². The van der Waals surface area contributed by atoms with E-state index in [1.165, 1.54) is 19.2 Å². The van der Waals surface area contributed by atoms with Crippen LogP contribution in [0.25, 0.3) is 0 Å². The van der Waals surface area contributed by atoms with Gasteiger partial charge >= 0.3 is 5.97 Å². The summed E-state index contributed by atoms with van der Waals surface area (Å²) in [6.45, 7) is 5.60. The number of ether oxygens (including phenoxy) is 1. The Hall–Kier alpha value is -2.38. The molecule has 1 aliphatic rings. The van der Waals surface area contributed by atoms with E-state index in [1.807, 2.05) is 30.9 Å². The molecule has 2 aromatic rings. The SMILES string of the molecule is COC(=O)c1cccc(CN(CC(=O)N2CCSC2c2ccc(F)cc2)C(C)C)c1. The van der Waals surface area contributed by atoms with Gasteiger partial charge in [0.05, 0.1) is 19.2 Å². The van der Waals surface area contributed by atoms with Crippen LogP contribution in [0.5, 0.6) is 0 Å². The molecule has 1 atom stereocenters. The molecule has 30 heavy (non-hydrogen) atoms. The molecule has 1 heterocycles. The Morgan fingerprint density at radius 2 is 1.97 bits per heavy atom. The maximum Gasteiger partial charge on any atom is 0.337 e. The number of thioether (sulfide) groups is 1. The van der Waals surface area contributed by atoms with Crippen molar-refractivity contribution in [3.8, 4) is 0 Å². The average molecular weight is 431 g/mol. The van der Waals surface area contributed by atoms with Gasteiger partial charge in [0.1, 0.15) is 11.2 Å². The maximum atomic E-state index is 13.3. The van der Waals surface area contributed by atoms with E-state index in [9.17, 15) is 14.0 Å². The van der Waals surface area contributed by atoms with Gasteiger partial charge in [-0.1, -0.05) is 24.3 Å². The fourth-order valence-electron chi connectivity index (χ4n) is 3.46. The lowest BCUT2D eigenvalue weighted by Gasteiger charge is -2.30. The molecule has 3 rings (SSSR count). The van der Waals surface area contributed by atoms with Crippen LogP contribution < -0.4 is 0 Å². The Kier molecular flexibility index (Phi) is 7.50. The lowest BCUT2D eigenvalue weighted by Crippen LogP contribution is -2.42. The number of halogens is 1. The molecule has 1 amide bonds. The predicted octanol–water partition coefficient (Wildman–Crippen LogP) is 4.10. The van der Waals surface area contributed by atoms with Crippen molar-refractivity contribution >= 4 is 23.6 Å². The minimum Gasteiger partial charge on any atom is -0.465 e. The molecule has 2 aromatic carbocycles. The van der Waals surface area contributed by atoms with Crippen molar-refractivity contribution < 1.29 is 18.7 Å². The second kappa shape index (κ2) is 10.1. The molecule has 5 nitrogen and oxygen atoms in total. The van der Waals surface area contributed by atoms with Crippen LogP contribution in [0.2, 0.25) is 0 Å². The predicted molar refractivity (Wildman–Crippen MR) is 117 cm³/mol. The third-order valence-electron chi connectivity index (χ3n) is 5.17. The van der Waals surface area contributed by atoms with E-state index in [0.29, 0.717) is 18.7 Å². The number of carbonyl (C=O) groups excluding carboxylic acids is 2. The van der Waals surface area contributed by atoms with Crippen LogP contribution in [-0.4, -0.2) is 53.7 Å².